The first-order chi connectivity index (χ1) is 7.83. The fourth-order valence-electron chi connectivity index (χ4n) is 1.31. The van der Waals surface area contributed by atoms with Crippen molar-refractivity contribution in [1.29, 1.82) is 0 Å². The lowest BCUT2D eigenvalue weighted by molar-refractivity contribution is 0.0866. The molecule has 0 aromatic rings. The lowest BCUT2D eigenvalue weighted by atomic mass is 9.86. The van der Waals surface area contributed by atoms with E-state index in [1.807, 2.05) is 13.8 Å². The standard InChI is InChI=1S/C15H28O2/c1-13(2)11-16-9-7-15(5,6)8-10-17-12-14(3)4/h1,3,7-12H2,2,4-6H3. The second-order valence-electron chi connectivity index (χ2n) is 5.68. The van der Waals surface area contributed by atoms with Crippen molar-refractivity contribution in [3.8, 4) is 0 Å². The lowest BCUT2D eigenvalue weighted by Gasteiger charge is -2.24. The summed E-state index contributed by atoms with van der Waals surface area (Å²) in [4.78, 5) is 0. The normalized spacial score (nSPS) is 11.5. The third kappa shape index (κ3) is 11.7. The van der Waals surface area contributed by atoms with Crippen molar-refractivity contribution in [1.82, 2.24) is 0 Å². The highest BCUT2D eigenvalue weighted by Gasteiger charge is 2.17. The predicted molar refractivity (Wildman–Crippen MR) is 74.3 cm³/mol. The molecule has 2 nitrogen and oxygen atoms in total. The van der Waals surface area contributed by atoms with Gasteiger partial charge < -0.3 is 9.47 Å². The molecule has 0 unspecified atom stereocenters. The highest BCUT2D eigenvalue weighted by atomic mass is 16.5. The van der Waals surface area contributed by atoms with Gasteiger partial charge in [0.15, 0.2) is 0 Å². The van der Waals surface area contributed by atoms with Crippen molar-refractivity contribution in [3.05, 3.63) is 24.3 Å². The van der Waals surface area contributed by atoms with Gasteiger partial charge in [-0.05, 0) is 32.1 Å². The van der Waals surface area contributed by atoms with Crippen LogP contribution < -0.4 is 0 Å². The van der Waals surface area contributed by atoms with Gasteiger partial charge >= 0.3 is 0 Å². The second-order valence-corrected chi connectivity index (χ2v) is 5.68. The van der Waals surface area contributed by atoms with Gasteiger partial charge in [-0.15, -0.1) is 0 Å². The zero-order chi connectivity index (χ0) is 13.3. The van der Waals surface area contributed by atoms with E-state index in [1.54, 1.807) is 0 Å². The fourth-order valence-corrected chi connectivity index (χ4v) is 1.31. The summed E-state index contributed by atoms with van der Waals surface area (Å²) < 4.78 is 11.0. The summed E-state index contributed by atoms with van der Waals surface area (Å²) in [6, 6.07) is 0. The van der Waals surface area contributed by atoms with Crippen LogP contribution in [-0.4, -0.2) is 26.4 Å². The Bertz CT molecular complexity index is 217. The Morgan fingerprint density at radius 3 is 1.53 bits per heavy atom. The van der Waals surface area contributed by atoms with Crippen molar-refractivity contribution < 1.29 is 9.47 Å². The maximum Gasteiger partial charge on any atom is 0.0671 e. The van der Waals surface area contributed by atoms with Crippen LogP contribution >= 0.6 is 0 Å². The van der Waals surface area contributed by atoms with Crippen LogP contribution in [0.15, 0.2) is 24.3 Å². The zero-order valence-corrected chi connectivity index (χ0v) is 12.0. The fraction of sp³-hybridized carbons (Fsp3) is 0.733. The molecule has 0 fully saturated rings. The van der Waals surface area contributed by atoms with Crippen molar-refractivity contribution >= 4 is 0 Å². The smallest absolute Gasteiger partial charge is 0.0671 e. The van der Waals surface area contributed by atoms with E-state index in [-0.39, 0.29) is 5.41 Å². The molecule has 0 aliphatic rings. The minimum atomic E-state index is 0.268. The van der Waals surface area contributed by atoms with Gasteiger partial charge in [0.05, 0.1) is 13.2 Å². The molecule has 0 saturated heterocycles. The number of rotatable bonds is 10. The molecule has 2 heteroatoms. The van der Waals surface area contributed by atoms with Gasteiger partial charge in [-0.3, -0.25) is 0 Å². The summed E-state index contributed by atoms with van der Waals surface area (Å²) >= 11 is 0. The first-order valence-corrected chi connectivity index (χ1v) is 6.28. The quantitative estimate of drug-likeness (QED) is 0.425. The van der Waals surface area contributed by atoms with Gasteiger partial charge in [0.2, 0.25) is 0 Å². The van der Waals surface area contributed by atoms with Crippen LogP contribution in [0.3, 0.4) is 0 Å². The summed E-state index contributed by atoms with van der Waals surface area (Å²) in [5.41, 5.74) is 2.42. The van der Waals surface area contributed by atoms with Crippen LogP contribution in [0.4, 0.5) is 0 Å². The number of hydrogen-bond acceptors (Lipinski definition) is 2. The highest BCUT2D eigenvalue weighted by Crippen LogP contribution is 2.24. The Morgan fingerprint density at radius 1 is 0.882 bits per heavy atom. The maximum absolute atomic E-state index is 5.52. The topological polar surface area (TPSA) is 18.5 Å². The van der Waals surface area contributed by atoms with E-state index in [2.05, 4.69) is 27.0 Å². The average molecular weight is 240 g/mol. The first kappa shape index (κ1) is 16.4. The monoisotopic (exact) mass is 240 g/mol. The van der Waals surface area contributed by atoms with Gasteiger partial charge in [-0.2, -0.15) is 0 Å². The molecule has 0 aliphatic carbocycles. The second kappa shape index (κ2) is 8.48. The molecule has 0 rings (SSSR count). The van der Waals surface area contributed by atoms with Gasteiger partial charge in [0.1, 0.15) is 0 Å². The molecule has 0 aliphatic heterocycles. The van der Waals surface area contributed by atoms with E-state index in [1.165, 1.54) is 0 Å². The maximum atomic E-state index is 5.52. The SMILES string of the molecule is C=C(C)COCCC(C)(C)CCOCC(=C)C. The van der Waals surface area contributed by atoms with Gasteiger partial charge in [0.25, 0.3) is 0 Å². The van der Waals surface area contributed by atoms with Crippen molar-refractivity contribution in [2.24, 2.45) is 5.41 Å². The molecule has 0 atom stereocenters. The van der Waals surface area contributed by atoms with Crippen LogP contribution in [0, 0.1) is 5.41 Å². The Kier molecular flexibility index (Phi) is 8.19. The molecule has 0 aromatic carbocycles. The van der Waals surface area contributed by atoms with Crippen molar-refractivity contribution in [2.45, 2.75) is 40.5 Å². The Morgan fingerprint density at radius 2 is 1.24 bits per heavy atom. The van der Waals surface area contributed by atoms with Crippen molar-refractivity contribution in [3.63, 3.8) is 0 Å². The molecule has 0 radical (unpaired) electrons. The molecule has 0 amide bonds. The summed E-state index contributed by atoms with van der Waals surface area (Å²) in [6.07, 6.45) is 2.10. The predicted octanol–water partition coefficient (Wildman–Crippen LogP) is 3.98. The lowest BCUT2D eigenvalue weighted by Crippen LogP contribution is -2.18. The third-order valence-corrected chi connectivity index (χ3v) is 2.54. The van der Waals surface area contributed by atoms with Crippen LogP contribution in [0.2, 0.25) is 0 Å². The van der Waals surface area contributed by atoms with Gasteiger partial charge in [-0.25, -0.2) is 0 Å². The van der Waals surface area contributed by atoms with Crippen LogP contribution in [0.1, 0.15) is 40.5 Å². The Balaban J connectivity index is 3.57. The van der Waals surface area contributed by atoms with Gasteiger partial charge in [0, 0.05) is 13.2 Å². The Labute approximate surface area is 107 Å². The zero-order valence-electron chi connectivity index (χ0n) is 12.0. The minimum absolute atomic E-state index is 0.268. The first-order valence-electron chi connectivity index (χ1n) is 6.28. The molecule has 0 saturated carbocycles. The molecule has 17 heavy (non-hydrogen) atoms. The molecule has 0 N–H and O–H groups in total. The molecule has 0 heterocycles. The largest absolute Gasteiger partial charge is 0.377 e. The van der Waals surface area contributed by atoms with E-state index < -0.39 is 0 Å². The molecular weight excluding hydrogens is 212 g/mol. The summed E-state index contributed by atoms with van der Waals surface area (Å²) in [7, 11) is 0. The minimum Gasteiger partial charge on any atom is -0.377 e. The molecule has 100 valence electrons. The summed E-state index contributed by atoms with van der Waals surface area (Å²) in [5.74, 6) is 0. The number of hydrogen-bond donors (Lipinski definition) is 0. The van der Waals surface area contributed by atoms with Gasteiger partial charge in [-0.1, -0.05) is 38.2 Å². The van der Waals surface area contributed by atoms with E-state index in [4.69, 9.17) is 9.47 Å². The molecule has 0 spiro atoms. The molecule has 0 bridgehead atoms. The van der Waals surface area contributed by atoms with E-state index in [0.717, 1.165) is 37.2 Å². The molecular formula is C15H28O2. The highest BCUT2D eigenvalue weighted by molar-refractivity contribution is 4.88. The summed E-state index contributed by atoms with van der Waals surface area (Å²) in [6.45, 7) is 19.0. The van der Waals surface area contributed by atoms with Crippen LogP contribution in [0.25, 0.3) is 0 Å². The summed E-state index contributed by atoms with van der Waals surface area (Å²) in [5, 5.41) is 0. The van der Waals surface area contributed by atoms with E-state index in [9.17, 15) is 0 Å². The molecule has 0 aromatic heterocycles. The number of ether oxygens (including phenoxy) is 2. The third-order valence-electron chi connectivity index (χ3n) is 2.54. The van der Waals surface area contributed by atoms with Crippen molar-refractivity contribution in [2.75, 3.05) is 26.4 Å². The van der Waals surface area contributed by atoms with Crippen LogP contribution in [0.5, 0.6) is 0 Å². The van der Waals surface area contributed by atoms with E-state index in [0.29, 0.717) is 13.2 Å². The van der Waals surface area contributed by atoms with E-state index >= 15 is 0 Å². The Hall–Kier alpha value is -0.600. The van der Waals surface area contributed by atoms with Crippen LogP contribution in [-0.2, 0) is 9.47 Å². The average Bonchev–Trinajstić information content (AvgIpc) is 2.19.